The molecule has 1 aromatic heterocycles. The van der Waals surface area contributed by atoms with Crippen LogP contribution in [0, 0.1) is 6.92 Å². The Morgan fingerprint density at radius 3 is 2.47 bits per heavy atom. The molecule has 1 atom stereocenters. The molecule has 0 fully saturated rings. The predicted octanol–water partition coefficient (Wildman–Crippen LogP) is 5.21. The molecule has 1 nitrogen and oxygen atoms in total. The quantitative estimate of drug-likeness (QED) is 0.796. The molecule has 0 aliphatic heterocycles. The third kappa shape index (κ3) is 3.68. The zero-order valence-electron chi connectivity index (χ0n) is 11.4. The Balaban J connectivity index is 2.13. The molecule has 3 heteroatoms. The summed E-state index contributed by atoms with van der Waals surface area (Å²) in [6.45, 7) is 4.33. The average molecular weight is 338 g/mol. The van der Waals surface area contributed by atoms with Crippen molar-refractivity contribution >= 4 is 27.3 Å². The maximum atomic E-state index is 6.34. The smallest absolute Gasteiger partial charge is 0.0731 e. The summed E-state index contributed by atoms with van der Waals surface area (Å²) in [5.41, 5.74) is 10.2. The standard InChI is InChI=1S/C16H20BrNS/c1-3-4-5-12-6-8-13(9-7-12)15(18)14-10-11(2)16(17)19-14/h6-10,15H,3-5,18H2,1-2H3. The summed E-state index contributed by atoms with van der Waals surface area (Å²) < 4.78 is 1.18. The van der Waals surface area contributed by atoms with E-state index in [9.17, 15) is 0 Å². The number of unbranched alkanes of at least 4 members (excludes halogenated alkanes) is 1. The summed E-state index contributed by atoms with van der Waals surface area (Å²) in [7, 11) is 0. The van der Waals surface area contributed by atoms with Crippen LogP contribution in [0.1, 0.15) is 47.4 Å². The third-order valence-electron chi connectivity index (χ3n) is 3.34. The first-order valence-electron chi connectivity index (χ1n) is 6.72. The topological polar surface area (TPSA) is 26.0 Å². The number of halogens is 1. The van der Waals surface area contributed by atoms with Crippen molar-refractivity contribution in [1.29, 1.82) is 0 Å². The number of aryl methyl sites for hydroxylation is 2. The van der Waals surface area contributed by atoms with Crippen molar-refractivity contribution in [2.45, 2.75) is 39.2 Å². The highest BCUT2D eigenvalue weighted by atomic mass is 79.9. The first-order chi connectivity index (χ1) is 9.11. The van der Waals surface area contributed by atoms with Crippen LogP contribution in [0.4, 0.5) is 0 Å². The number of thiophene rings is 1. The summed E-state index contributed by atoms with van der Waals surface area (Å²) in [5.74, 6) is 0. The van der Waals surface area contributed by atoms with Crippen LogP contribution in [0.3, 0.4) is 0 Å². The van der Waals surface area contributed by atoms with Gasteiger partial charge in [-0.15, -0.1) is 11.3 Å². The summed E-state index contributed by atoms with van der Waals surface area (Å²) in [5, 5.41) is 0. The van der Waals surface area contributed by atoms with Gasteiger partial charge in [0.25, 0.3) is 0 Å². The van der Waals surface area contributed by atoms with E-state index < -0.39 is 0 Å². The van der Waals surface area contributed by atoms with Gasteiger partial charge in [-0.25, -0.2) is 0 Å². The molecule has 0 spiro atoms. The van der Waals surface area contributed by atoms with Gasteiger partial charge in [-0.2, -0.15) is 0 Å². The van der Waals surface area contributed by atoms with Gasteiger partial charge in [0.05, 0.1) is 9.83 Å². The lowest BCUT2D eigenvalue weighted by Gasteiger charge is -2.10. The fourth-order valence-corrected chi connectivity index (χ4v) is 3.67. The number of hydrogen-bond acceptors (Lipinski definition) is 2. The van der Waals surface area contributed by atoms with Crippen LogP contribution in [0.2, 0.25) is 0 Å². The molecule has 0 saturated heterocycles. The largest absolute Gasteiger partial charge is 0.320 e. The number of hydrogen-bond donors (Lipinski definition) is 1. The molecule has 102 valence electrons. The molecule has 2 aromatic rings. The average Bonchev–Trinajstić information content (AvgIpc) is 2.76. The van der Waals surface area contributed by atoms with Gasteiger partial charge in [0, 0.05) is 4.88 Å². The van der Waals surface area contributed by atoms with E-state index in [2.05, 4.69) is 60.1 Å². The molecule has 2 N–H and O–H groups in total. The molecule has 0 aliphatic carbocycles. The third-order valence-corrected chi connectivity index (χ3v) is 5.56. The van der Waals surface area contributed by atoms with Gasteiger partial charge in [0.15, 0.2) is 0 Å². The predicted molar refractivity (Wildman–Crippen MR) is 87.8 cm³/mol. The minimum atomic E-state index is -0.0183. The molecular formula is C16H20BrNS. The van der Waals surface area contributed by atoms with E-state index in [1.54, 1.807) is 11.3 Å². The van der Waals surface area contributed by atoms with E-state index in [0.717, 1.165) is 6.42 Å². The zero-order valence-corrected chi connectivity index (χ0v) is 13.9. The van der Waals surface area contributed by atoms with Crippen LogP contribution in [0.5, 0.6) is 0 Å². The van der Waals surface area contributed by atoms with E-state index in [1.807, 2.05) is 0 Å². The molecule has 1 aromatic carbocycles. The van der Waals surface area contributed by atoms with Gasteiger partial charge in [-0.1, -0.05) is 37.6 Å². The maximum Gasteiger partial charge on any atom is 0.0731 e. The second-order valence-electron chi connectivity index (χ2n) is 4.93. The van der Waals surface area contributed by atoms with Crippen molar-refractivity contribution in [2.24, 2.45) is 5.73 Å². The van der Waals surface area contributed by atoms with Crippen molar-refractivity contribution in [3.63, 3.8) is 0 Å². The molecule has 1 heterocycles. The zero-order chi connectivity index (χ0) is 13.8. The van der Waals surface area contributed by atoms with Crippen molar-refractivity contribution in [3.8, 4) is 0 Å². The molecule has 0 saturated carbocycles. The second kappa shape index (κ2) is 6.69. The van der Waals surface area contributed by atoms with Gasteiger partial charge in [-0.3, -0.25) is 0 Å². The molecule has 1 unspecified atom stereocenters. The van der Waals surface area contributed by atoms with Gasteiger partial charge in [0.2, 0.25) is 0 Å². The fraction of sp³-hybridized carbons (Fsp3) is 0.375. The summed E-state index contributed by atoms with van der Waals surface area (Å²) >= 11 is 5.29. The Bertz CT molecular complexity index is 511. The molecule has 0 bridgehead atoms. The summed E-state index contributed by atoms with van der Waals surface area (Å²) in [6.07, 6.45) is 3.65. The van der Waals surface area contributed by atoms with Gasteiger partial charge in [-0.05, 0) is 58.5 Å². The first-order valence-corrected chi connectivity index (χ1v) is 8.33. The lowest BCUT2D eigenvalue weighted by Crippen LogP contribution is -2.10. The molecule has 2 rings (SSSR count). The van der Waals surface area contributed by atoms with Crippen LogP contribution in [0.25, 0.3) is 0 Å². The fourth-order valence-electron chi connectivity index (χ4n) is 2.07. The Hall–Kier alpha value is -0.640. The molecule has 0 aliphatic rings. The van der Waals surface area contributed by atoms with Crippen molar-refractivity contribution in [1.82, 2.24) is 0 Å². The summed E-state index contributed by atoms with van der Waals surface area (Å²) in [4.78, 5) is 1.21. The van der Waals surface area contributed by atoms with E-state index in [1.165, 1.54) is 38.2 Å². The lowest BCUT2D eigenvalue weighted by atomic mass is 10.0. The van der Waals surface area contributed by atoms with Crippen LogP contribution in [-0.2, 0) is 6.42 Å². The van der Waals surface area contributed by atoms with Crippen LogP contribution in [-0.4, -0.2) is 0 Å². The monoisotopic (exact) mass is 337 g/mol. The van der Waals surface area contributed by atoms with Crippen molar-refractivity contribution in [2.75, 3.05) is 0 Å². The lowest BCUT2D eigenvalue weighted by molar-refractivity contribution is 0.793. The van der Waals surface area contributed by atoms with Crippen molar-refractivity contribution < 1.29 is 0 Å². The molecular weight excluding hydrogens is 318 g/mol. The van der Waals surface area contributed by atoms with Gasteiger partial charge in [0.1, 0.15) is 0 Å². The molecule has 0 amide bonds. The molecule has 19 heavy (non-hydrogen) atoms. The Morgan fingerprint density at radius 2 is 1.95 bits per heavy atom. The minimum Gasteiger partial charge on any atom is -0.320 e. The number of nitrogens with two attached hydrogens (primary N) is 1. The van der Waals surface area contributed by atoms with Crippen LogP contribution >= 0.6 is 27.3 Å². The van der Waals surface area contributed by atoms with Crippen LogP contribution in [0.15, 0.2) is 34.1 Å². The normalized spacial score (nSPS) is 12.6. The highest BCUT2D eigenvalue weighted by Crippen LogP contribution is 2.33. The Morgan fingerprint density at radius 1 is 1.26 bits per heavy atom. The van der Waals surface area contributed by atoms with E-state index in [4.69, 9.17) is 5.73 Å². The van der Waals surface area contributed by atoms with Crippen LogP contribution < -0.4 is 5.73 Å². The Kier molecular flexibility index (Phi) is 5.20. The number of benzene rings is 1. The van der Waals surface area contributed by atoms with Crippen molar-refractivity contribution in [3.05, 3.63) is 55.7 Å². The van der Waals surface area contributed by atoms with Gasteiger partial charge < -0.3 is 5.73 Å². The maximum absolute atomic E-state index is 6.34. The highest BCUT2D eigenvalue weighted by Gasteiger charge is 2.13. The number of rotatable bonds is 5. The Labute approximate surface area is 128 Å². The highest BCUT2D eigenvalue weighted by molar-refractivity contribution is 9.11. The molecule has 0 radical (unpaired) electrons. The SMILES string of the molecule is CCCCc1ccc(C(N)c2cc(C)c(Br)s2)cc1. The van der Waals surface area contributed by atoms with E-state index >= 15 is 0 Å². The second-order valence-corrected chi connectivity index (χ2v) is 7.33. The first kappa shape index (κ1) is 14.8. The summed E-state index contributed by atoms with van der Waals surface area (Å²) in [6, 6.07) is 10.9. The minimum absolute atomic E-state index is 0.0183. The van der Waals surface area contributed by atoms with Gasteiger partial charge >= 0.3 is 0 Å². The van der Waals surface area contributed by atoms with E-state index in [0.29, 0.717) is 0 Å². The van der Waals surface area contributed by atoms with E-state index in [-0.39, 0.29) is 6.04 Å².